The van der Waals surface area contributed by atoms with E-state index in [9.17, 15) is 0 Å². The van der Waals surface area contributed by atoms with Gasteiger partial charge in [0, 0.05) is 22.8 Å². The van der Waals surface area contributed by atoms with E-state index in [-0.39, 0.29) is 0 Å². The maximum Gasteiger partial charge on any atom is 0.109 e. The van der Waals surface area contributed by atoms with Crippen LogP contribution in [0.4, 0.5) is 0 Å². The Bertz CT molecular complexity index is 476. The fourth-order valence-electron chi connectivity index (χ4n) is 2.28. The molecule has 1 aromatic carbocycles. The molecule has 1 aromatic heterocycles. The molecule has 1 aliphatic carbocycles. The third-order valence-electron chi connectivity index (χ3n) is 3.01. The van der Waals surface area contributed by atoms with Crippen LogP contribution in [0.2, 0.25) is 0 Å². The van der Waals surface area contributed by atoms with E-state index in [4.69, 9.17) is 0 Å². The molecular formula is C12H11BrN2. The van der Waals surface area contributed by atoms with Crippen LogP contribution in [0.15, 0.2) is 35.1 Å². The molecule has 2 aromatic rings. The van der Waals surface area contributed by atoms with Gasteiger partial charge in [-0.3, -0.25) is 0 Å². The van der Waals surface area contributed by atoms with Gasteiger partial charge in [0.2, 0.25) is 0 Å². The summed E-state index contributed by atoms with van der Waals surface area (Å²) in [6.07, 6.45) is 5.93. The quantitative estimate of drug-likeness (QED) is 0.841. The fraction of sp³-hybridized carbons (Fsp3) is 0.250. The monoisotopic (exact) mass is 262 g/mol. The average molecular weight is 263 g/mol. The van der Waals surface area contributed by atoms with Crippen LogP contribution in [0.5, 0.6) is 0 Å². The lowest BCUT2D eigenvalue weighted by atomic mass is 10.1. The predicted molar refractivity (Wildman–Crippen MR) is 62.9 cm³/mol. The molecule has 1 N–H and O–H groups in total. The van der Waals surface area contributed by atoms with Crippen molar-refractivity contribution in [3.63, 3.8) is 0 Å². The third-order valence-corrected chi connectivity index (χ3v) is 3.50. The van der Waals surface area contributed by atoms with Gasteiger partial charge < -0.3 is 4.98 Å². The molecule has 1 heterocycles. The van der Waals surface area contributed by atoms with Gasteiger partial charge in [0.05, 0.1) is 0 Å². The molecule has 0 saturated heterocycles. The smallest absolute Gasteiger partial charge is 0.109 e. The standard InChI is InChI=1S/C12H11BrN2/c13-11-2-1-8-5-10(6-9(8)7-11)12-14-3-4-15-12/h1-4,7,10H,5-6H2,(H,14,15)/t10-/m0/s1. The first-order valence-corrected chi connectivity index (χ1v) is 5.89. The lowest BCUT2D eigenvalue weighted by molar-refractivity contribution is 0.694. The molecule has 3 heteroatoms. The van der Waals surface area contributed by atoms with Gasteiger partial charge in [-0.25, -0.2) is 4.98 Å². The van der Waals surface area contributed by atoms with Crippen LogP contribution in [-0.2, 0) is 12.8 Å². The van der Waals surface area contributed by atoms with Crippen LogP contribution in [0.1, 0.15) is 22.9 Å². The Morgan fingerprint density at radius 2 is 2.13 bits per heavy atom. The van der Waals surface area contributed by atoms with E-state index in [1.54, 1.807) is 0 Å². The number of imidazole rings is 1. The summed E-state index contributed by atoms with van der Waals surface area (Å²) in [4.78, 5) is 7.54. The van der Waals surface area contributed by atoms with Crippen molar-refractivity contribution in [1.29, 1.82) is 0 Å². The van der Waals surface area contributed by atoms with Crippen molar-refractivity contribution in [1.82, 2.24) is 9.97 Å². The number of H-pyrrole nitrogens is 1. The molecule has 0 bridgehead atoms. The molecule has 0 unspecified atom stereocenters. The van der Waals surface area contributed by atoms with E-state index in [1.807, 2.05) is 12.4 Å². The van der Waals surface area contributed by atoms with Gasteiger partial charge in [0.25, 0.3) is 0 Å². The van der Waals surface area contributed by atoms with Crippen molar-refractivity contribution in [2.24, 2.45) is 0 Å². The molecule has 76 valence electrons. The van der Waals surface area contributed by atoms with Gasteiger partial charge in [-0.05, 0) is 36.1 Å². The first-order valence-electron chi connectivity index (χ1n) is 5.09. The Hall–Kier alpha value is -1.09. The molecule has 0 amide bonds. The largest absolute Gasteiger partial charge is 0.348 e. The van der Waals surface area contributed by atoms with Crippen molar-refractivity contribution in [3.05, 3.63) is 52.0 Å². The Morgan fingerprint density at radius 3 is 2.93 bits per heavy atom. The number of fused-ring (bicyclic) bond motifs is 1. The summed E-state index contributed by atoms with van der Waals surface area (Å²) in [6, 6.07) is 6.55. The highest BCUT2D eigenvalue weighted by atomic mass is 79.9. The number of benzene rings is 1. The van der Waals surface area contributed by atoms with E-state index in [0.29, 0.717) is 5.92 Å². The van der Waals surface area contributed by atoms with Gasteiger partial charge in [-0.2, -0.15) is 0 Å². The molecular weight excluding hydrogens is 252 g/mol. The highest BCUT2D eigenvalue weighted by Crippen LogP contribution is 2.33. The Morgan fingerprint density at radius 1 is 1.27 bits per heavy atom. The summed E-state index contributed by atoms with van der Waals surface area (Å²) in [6.45, 7) is 0. The van der Waals surface area contributed by atoms with E-state index in [2.05, 4.69) is 44.1 Å². The summed E-state index contributed by atoms with van der Waals surface area (Å²) in [5, 5.41) is 0. The molecule has 1 aliphatic rings. The average Bonchev–Trinajstić information content (AvgIpc) is 2.84. The van der Waals surface area contributed by atoms with Gasteiger partial charge >= 0.3 is 0 Å². The van der Waals surface area contributed by atoms with Crippen molar-refractivity contribution in [2.75, 3.05) is 0 Å². The van der Waals surface area contributed by atoms with Gasteiger partial charge in [-0.15, -0.1) is 0 Å². The second-order valence-electron chi connectivity index (χ2n) is 3.99. The van der Waals surface area contributed by atoms with Gasteiger partial charge in [0.15, 0.2) is 0 Å². The van der Waals surface area contributed by atoms with Crippen molar-refractivity contribution in [2.45, 2.75) is 18.8 Å². The van der Waals surface area contributed by atoms with Gasteiger partial charge in [-0.1, -0.05) is 22.0 Å². The minimum absolute atomic E-state index is 0.532. The second-order valence-corrected chi connectivity index (χ2v) is 4.91. The van der Waals surface area contributed by atoms with E-state index in [0.717, 1.165) is 18.7 Å². The predicted octanol–water partition coefficient (Wildman–Crippen LogP) is 3.05. The van der Waals surface area contributed by atoms with Crippen LogP contribution in [-0.4, -0.2) is 9.97 Å². The molecule has 1 atom stereocenters. The van der Waals surface area contributed by atoms with Crippen molar-refractivity contribution in [3.8, 4) is 0 Å². The lowest BCUT2D eigenvalue weighted by Crippen LogP contribution is -1.99. The van der Waals surface area contributed by atoms with E-state index in [1.165, 1.54) is 15.6 Å². The summed E-state index contributed by atoms with van der Waals surface area (Å²) < 4.78 is 1.17. The van der Waals surface area contributed by atoms with Gasteiger partial charge in [0.1, 0.15) is 5.82 Å². The van der Waals surface area contributed by atoms with Crippen molar-refractivity contribution >= 4 is 15.9 Å². The molecule has 0 aliphatic heterocycles. The minimum atomic E-state index is 0.532. The number of hydrogen-bond donors (Lipinski definition) is 1. The van der Waals surface area contributed by atoms with E-state index < -0.39 is 0 Å². The summed E-state index contributed by atoms with van der Waals surface area (Å²) in [7, 11) is 0. The Kier molecular flexibility index (Phi) is 2.13. The number of nitrogens with zero attached hydrogens (tertiary/aromatic N) is 1. The first-order chi connectivity index (χ1) is 7.33. The molecule has 3 rings (SSSR count). The maximum absolute atomic E-state index is 4.34. The highest BCUT2D eigenvalue weighted by Gasteiger charge is 2.24. The number of aromatic amines is 1. The summed E-state index contributed by atoms with van der Waals surface area (Å²) in [5.41, 5.74) is 2.91. The molecule has 0 saturated carbocycles. The van der Waals surface area contributed by atoms with Crippen LogP contribution in [0, 0.1) is 0 Å². The first kappa shape index (κ1) is 9.16. The fourth-order valence-corrected chi connectivity index (χ4v) is 2.69. The molecule has 15 heavy (non-hydrogen) atoms. The zero-order valence-electron chi connectivity index (χ0n) is 8.20. The molecule has 0 spiro atoms. The summed E-state index contributed by atoms with van der Waals surface area (Å²) in [5.74, 6) is 1.65. The normalized spacial score (nSPS) is 19.1. The van der Waals surface area contributed by atoms with E-state index >= 15 is 0 Å². The molecule has 2 nitrogen and oxygen atoms in total. The third kappa shape index (κ3) is 1.61. The number of hydrogen-bond acceptors (Lipinski definition) is 1. The van der Waals surface area contributed by atoms with Crippen LogP contribution < -0.4 is 0 Å². The second kappa shape index (κ2) is 3.49. The number of rotatable bonds is 1. The Labute approximate surface area is 96.9 Å². The van der Waals surface area contributed by atoms with Crippen LogP contribution >= 0.6 is 15.9 Å². The highest BCUT2D eigenvalue weighted by molar-refractivity contribution is 9.10. The molecule has 0 fully saturated rings. The maximum atomic E-state index is 4.34. The zero-order valence-corrected chi connectivity index (χ0v) is 9.79. The topological polar surface area (TPSA) is 28.7 Å². The van der Waals surface area contributed by atoms with Crippen molar-refractivity contribution < 1.29 is 0 Å². The Balaban J connectivity index is 1.92. The summed E-state index contributed by atoms with van der Waals surface area (Å²) >= 11 is 3.51. The van der Waals surface area contributed by atoms with Crippen LogP contribution in [0.3, 0.4) is 0 Å². The molecule has 0 radical (unpaired) electrons. The lowest BCUT2D eigenvalue weighted by Gasteiger charge is -2.03. The number of aromatic nitrogens is 2. The minimum Gasteiger partial charge on any atom is -0.348 e. The van der Waals surface area contributed by atoms with Crippen LogP contribution in [0.25, 0.3) is 0 Å². The SMILES string of the molecule is Brc1ccc2c(c1)C[C@@H](c1ncc[nH]1)C2. The zero-order chi connectivity index (χ0) is 10.3. The number of nitrogens with one attached hydrogen (secondary N) is 1. The number of halogens is 1.